The number of hydrogen-bond acceptors (Lipinski definition) is 5. The number of esters is 1. The van der Waals surface area contributed by atoms with Gasteiger partial charge in [0.25, 0.3) is 5.91 Å². The Bertz CT molecular complexity index is 945. The second-order valence-corrected chi connectivity index (χ2v) is 7.95. The van der Waals surface area contributed by atoms with Gasteiger partial charge < -0.3 is 9.64 Å². The van der Waals surface area contributed by atoms with Gasteiger partial charge >= 0.3 is 5.97 Å². The molecule has 0 spiro atoms. The molecule has 0 bridgehead atoms. The Labute approximate surface area is 157 Å². The van der Waals surface area contributed by atoms with Gasteiger partial charge in [0, 0.05) is 26.8 Å². The number of likely N-dealkylation sites (N-methyl/N-ethyl adjacent to an activating group) is 1. The quantitative estimate of drug-likeness (QED) is 0.699. The average molecular weight is 394 g/mol. The Morgan fingerprint density at radius 3 is 2.26 bits per heavy atom. The van der Waals surface area contributed by atoms with Crippen molar-refractivity contribution in [1.29, 1.82) is 0 Å². The van der Waals surface area contributed by atoms with Crippen molar-refractivity contribution in [3.05, 3.63) is 59.9 Å². The highest BCUT2D eigenvalue weighted by Gasteiger charge is 2.23. The molecule has 1 amide bonds. The van der Waals surface area contributed by atoms with Gasteiger partial charge in [-0.15, -0.1) is 0 Å². The van der Waals surface area contributed by atoms with Crippen molar-refractivity contribution >= 4 is 27.6 Å². The molecule has 0 atom stereocenters. The molecule has 0 fully saturated rings. The lowest BCUT2D eigenvalue weighted by molar-refractivity contribution is -0.121. The summed E-state index contributed by atoms with van der Waals surface area (Å²) in [5.74, 6) is -2.59. The fourth-order valence-electron chi connectivity index (χ4n) is 2.13. The Morgan fingerprint density at radius 1 is 1.04 bits per heavy atom. The minimum atomic E-state index is -3.85. The van der Waals surface area contributed by atoms with Crippen molar-refractivity contribution in [1.82, 2.24) is 4.31 Å². The lowest BCUT2D eigenvalue weighted by Gasteiger charge is -2.17. The van der Waals surface area contributed by atoms with Crippen LogP contribution in [0.25, 0.3) is 0 Å². The fourth-order valence-corrected chi connectivity index (χ4v) is 3.06. The van der Waals surface area contributed by atoms with E-state index in [9.17, 15) is 22.4 Å². The molecular weight excluding hydrogens is 375 g/mol. The molecule has 0 aliphatic carbocycles. The number of anilines is 1. The number of carbonyl (C=O) groups is 2. The van der Waals surface area contributed by atoms with Crippen molar-refractivity contribution in [3.8, 4) is 0 Å². The number of halogens is 1. The number of ether oxygens (including phenoxy) is 1. The van der Waals surface area contributed by atoms with Crippen molar-refractivity contribution in [2.45, 2.75) is 4.90 Å². The molecule has 0 saturated heterocycles. The van der Waals surface area contributed by atoms with Crippen molar-refractivity contribution in [2.24, 2.45) is 0 Å². The van der Waals surface area contributed by atoms with E-state index < -0.39 is 39.9 Å². The van der Waals surface area contributed by atoms with Gasteiger partial charge in [-0.3, -0.25) is 4.79 Å². The lowest BCUT2D eigenvalue weighted by atomic mass is 10.2. The van der Waals surface area contributed by atoms with Gasteiger partial charge in [-0.2, -0.15) is 0 Å². The van der Waals surface area contributed by atoms with Crippen LogP contribution in [0.4, 0.5) is 10.1 Å². The highest BCUT2D eigenvalue weighted by Crippen LogP contribution is 2.19. The maximum Gasteiger partial charge on any atom is 0.341 e. The van der Waals surface area contributed by atoms with Crippen LogP contribution in [0.15, 0.2) is 53.4 Å². The van der Waals surface area contributed by atoms with Crippen LogP contribution in [0, 0.1) is 5.82 Å². The smallest absolute Gasteiger partial charge is 0.341 e. The van der Waals surface area contributed by atoms with E-state index in [1.165, 1.54) is 26.0 Å². The molecule has 7 nitrogen and oxygen atoms in total. The van der Waals surface area contributed by atoms with E-state index >= 15 is 0 Å². The van der Waals surface area contributed by atoms with Crippen molar-refractivity contribution < 1.29 is 27.1 Å². The predicted molar refractivity (Wildman–Crippen MR) is 97.4 cm³/mol. The number of sulfonamides is 1. The molecule has 2 aromatic rings. The number of amides is 1. The third-order valence-corrected chi connectivity index (χ3v) is 5.59. The Hall–Kier alpha value is -2.78. The number of benzene rings is 2. The Morgan fingerprint density at radius 2 is 1.67 bits per heavy atom. The third kappa shape index (κ3) is 4.69. The maximum absolute atomic E-state index is 14.0. The summed E-state index contributed by atoms with van der Waals surface area (Å²) < 4.78 is 44.0. The number of nitrogens with zero attached hydrogens (tertiary/aromatic N) is 2. The van der Waals surface area contributed by atoms with E-state index in [1.807, 2.05) is 0 Å². The van der Waals surface area contributed by atoms with Crippen LogP contribution in [-0.4, -0.2) is 52.3 Å². The predicted octanol–water partition coefficient (Wildman–Crippen LogP) is 1.90. The number of carbonyl (C=O) groups excluding carboxylic acids is 2. The van der Waals surface area contributed by atoms with Gasteiger partial charge in [-0.05, 0) is 30.3 Å². The SMILES string of the molecule is CN(C(=O)COC(=O)c1cc(S(=O)(=O)N(C)C)ccc1F)c1ccccc1. The molecule has 2 rings (SSSR count). The summed E-state index contributed by atoms with van der Waals surface area (Å²) in [5, 5.41) is 0. The average Bonchev–Trinajstić information content (AvgIpc) is 2.65. The number of hydrogen-bond donors (Lipinski definition) is 0. The Balaban J connectivity index is 2.13. The molecule has 0 aliphatic heterocycles. The lowest BCUT2D eigenvalue weighted by Crippen LogP contribution is -2.31. The van der Waals surface area contributed by atoms with E-state index in [0.29, 0.717) is 5.69 Å². The minimum Gasteiger partial charge on any atom is -0.452 e. The zero-order valence-electron chi connectivity index (χ0n) is 15.0. The van der Waals surface area contributed by atoms with Gasteiger partial charge in [-0.1, -0.05) is 18.2 Å². The van der Waals surface area contributed by atoms with Crippen molar-refractivity contribution in [2.75, 3.05) is 32.6 Å². The fraction of sp³-hybridized carbons (Fsp3) is 0.222. The standard InChI is InChI=1S/C18H19FN2O5S/c1-20(2)27(24,25)14-9-10-16(19)15(11-14)18(23)26-12-17(22)21(3)13-7-5-4-6-8-13/h4-11H,12H2,1-3H3. The summed E-state index contributed by atoms with van der Waals surface area (Å²) in [6, 6.07) is 11.5. The monoisotopic (exact) mass is 394 g/mol. The molecule has 9 heteroatoms. The zero-order valence-corrected chi connectivity index (χ0v) is 15.9. The van der Waals surface area contributed by atoms with Crippen LogP contribution >= 0.6 is 0 Å². The Kier molecular flexibility index (Phi) is 6.29. The van der Waals surface area contributed by atoms with Gasteiger partial charge in [0.05, 0.1) is 10.5 Å². The molecule has 0 aliphatic rings. The summed E-state index contributed by atoms with van der Waals surface area (Å²) in [6.07, 6.45) is 0. The highest BCUT2D eigenvalue weighted by molar-refractivity contribution is 7.89. The molecule has 0 radical (unpaired) electrons. The maximum atomic E-state index is 14.0. The van der Waals surface area contributed by atoms with Crippen LogP contribution in [-0.2, 0) is 19.6 Å². The molecule has 0 N–H and O–H groups in total. The van der Waals surface area contributed by atoms with E-state index in [4.69, 9.17) is 4.74 Å². The van der Waals surface area contributed by atoms with E-state index in [2.05, 4.69) is 0 Å². The first-order valence-corrected chi connectivity index (χ1v) is 9.29. The summed E-state index contributed by atoms with van der Waals surface area (Å²) in [4.78, 5) is 25.3. The van der Waals surface area contributed by atoms with E-state index in [0.717, 1.165) is 22.5 Å². The first-order chi connectivity index (χ1) is 12.6. The summed E-state index contributed by atoms with van der Waals surface area (Å²) in [5.41, 5.74) is 0.0388. The second-order valence-electron chi connectivity index (χ2n) is 5.79. The van der Waals surface area contributed by atoms with Crippen LogP contribution in [0.5, 0.6) is 0 Å². The largest absolute Gasteiger partial charge is 0.452 e. The van der Waals surface area contributed by atoms with E-state index in [1.54, 1.807) is 30.3 Å². The summed E-state index contributed by atoms with van der Waals surface area (Å²) in [6.45, 7) is -0.617. The first kappa shape index (κ1) is 20.5. The van der Waals surface area contributed by atoms with Gasteiger partial charge in [-0.25, -0.2) is 21.9 Å². The third-order valence-electron chi connectivity index (χ3n) is 3.78. The molecular formula is C18H19FN2O5S. The number of rotatable bonds is 6. The zero-order chi connectivity index (χ0) is 20.2. The number of para-hydroxylation sites is 1. The molecule has 27 heavy (non-hydrogen) atoms. The second kappa shape index (κ2) is 8.28. The molecule has 0 unspecified atom stereocenters. The van der Waals surface area contributed by atoms with E-state index in [-0.39, 0.29) is 4.90 Å². The molecule has 0 aromatic heterocycles. The van der Waals surface area contributed by atoms with Crippen LogP contribution < -0.4 is 4.90 Å². The molecule has 0 saturated carbocycles. The van der Waals surface area contributed by atoms with Gasteiger partial charge in [0.15, 0.2) is 6.61 Å². The van der Waals surface area contributed by atoms with Crippen LogP contribution in [0.2, 0.25) is 0 Å². The molecule has 0 heterocycles. The van der Waals surface area contributed by atoms with Crippen LogP contribution in [0.3, 0.4) is 0 Å². The topological polar surface area (TPSA) is 84.0 Å². The molecule has 2 aromatic carbocycles. The summed E-state index contributed by atoms with van der Waals surface area (Å²) >= 11 is 0. The highest BCUT2D eigenvalue weighted by atomic mass is 32.2. The van der Waals surface area contributed by atoms with Gasteiger partial charge in [0.1, 0.15) is 5.82 Å². The molecule has 144 valence electrons. The minimum absolute atomic E-state index is 0.256. The first-order valence-electron chi connectivity index (χ1n) is 7.85. The van der Waals surface area contributed by atoms with Crippen LogP contribution in [0.1, 0.15) is 10.4 Å². The van der Waals surface area contributed by atoms with Gasteiger partial charge in [0.2, 0.25) is 10.0 Å². The van der Waals surface area contributed by atoms with Crippen molar-refractivity contribution in [3.63, 3.8) is 0 Å². The summed E-state index contributed by atoms with van der Waals surface area (Å²) in [7, 11) is 0.292. The normalized spacial score (nSPS) is 11.3.